The van der Waals surface area contributed by atoms with Crippen molar-refractivity contribution in [3.8, 4) is 0 Å². The van der Waals surface area contributed by atoms with Crippen molar-refractivity contribution in [2.24, 2.45) is 0 Å². The Kier molecular flexibility index (Phi) is 3.85. The summed E-state index contributed by atoms with van der Waals surface area (Å²) in [5.74, 6) is 1.05. The second-order valence-electron chi connectivity index (χ2n) is 5.31. The second kappa shape index (κ2) is 5.77. The zero-order valence-corrected chi connectivity index (χ0v) is 12.1. The molecule has 0 bridgehead atoms. The Bertz CT molecular complexity index is 593. The Morgan fingerprint density at radius 1 is 1.35 bits per heavy atom. The fourth-order valence-corrected chi connectivity index (χ4v) is 2.85. The average Bonchev–Trinajstić information content (AvgIpc) is 3.01. The number of hydrogen-bond donors (Lipinski definition) is 1. The van der Waals surface area contributed by atoms with Gasteiger partial charge < -0.3 is 15.0 Å². The van der Waals surface area contributed by atoms with Crippen LogP contribution in [0.25, 0.3) is 10.8 Å². The minimum atomic E-state index is 0.432. The summed E-state index contributed by atoms with van der Waals surface area (Å²) in [6.07, 6.45) is 3.06. The Morgan fingerprint density at radius 3 is 2.85 bits per heavy atom. The maximum Gasteiger partial charge on any atom is 0.136 e. The van der Waals surface area contributed by atoms with Crippen LogP contribution in [0.3, 0.4) is 0 Å². The van der Waals surface area contributed by atoms with Gasteiger partial charge in [-0.1, -0.05) is 24.3 Å². The van der Waals surface area contributed by atoms with Crippen LogP contribution in [0.4, 0.5) is 5.82 Å². The van der Waals surface area contributed by atoms with Crippen LogP contribution in [-0.2, 0) is 11.3 Å². The van der Waals surface area contributed by atoms with Gasteiger partial charge in [-0.3, -0.25) is 0 Å². The topological polar surface area (TPSA) is 37.4 Å². The molecule has 4 heteroatoms. The number of benzene rings is 1. The van der Waals surface area contributed by atoms with E-state index in [4.69, 9.17) is 9.72 Å². The van der Waals surface area contributed by atoms with Crippen LogP contribution in [0.5, 0.6) is 0 Å². The predicted molar refractivity (Wildman–Crippen MR) is 82.1 cm³/mol. The highest BCUT2D eigenvalue weighted by Gasteiger charge is 2.22. The van der Waals surface area contributed by atoms with Gasteiger partial charge in [-0.15, -0.1) is 0 Å². The third-order valence-corrected chi connectivity index (χ3v) is 4.01. The standard InChI is InChI=1S/C16H21N3O/c1-17-9-12-10-18-16(15-6-4-3-5-14(12)15)19(2)13-7-8-20-11-13/h3-6,10,13,17H,7-9,11H2,1-2H3. The summed E-state index contributed by atoms with van der Waals surface area (Å²) in [5.41, 5.74) is 1.24. The Hall–Kier alpha value is -1.65. The number of aromatic nitrogens is 1. The highest BCUT2D eigenvalue weighted by molar-refractivity contribution is 5.94. The first-order chi connectivity index (χ1) is 9.81. The second-order valence-corrected chi connectivity index (χ2v) is 5.31. The van der Waals surface area contributed by atoms with Gasteiger partial charge >= 0.3 is 0 Å². The van der Waals surface area contributed by atoms with Crippen LogP contribution >= 0.6 is 0 Å². The number of nitrogens with zero attached hydrogens (tertiary/aromatic N) is 2. The fourth-order valence-electron chi connectivity index (χ4n) is 2.85. The lowest BCUT2D eigenvalue weighted by atomic mass is 10.1. The third-order valence-electron chi connectivity index (χ3n) is 4.01. The van der Waals surface area contributed by atoms with E-state index in [1.807, 2.05) is 13.2 Å². The Labute approximate surface area is 119 Å². The number of rotatable bonds is 4. The number of pyridine rings is 1. The van der Waals surface area contributed by atoms with E-state index in [1.165, 1.54) is 16.3 Å². The van der Waals surface area contributed by atoms with E-state index in [2.05, 4.69) is 41.5 Å². The molecule has 106 valence electrons. The fraction of sp³-hybridized carbons (Fsp3) is 0.438. The van der Waals surface area contributed by atoms with Gasteiger partial charge in [-0.25, -0.2) is 4.98 Å². The molecule has 2 heterocycles. The molecule has 4 nitrogen and oxygen atoms in total. The first-order valence-electron chi connectivity index (χ1n) is 7.13. The summed E-state index contributed by atoms with van der Waals surface area (Å²) in [7, 11) is 4.08. The molecule has 0 aliphatic carbocycles. The van der Waals surface area contributed by atoms with E-state index >= 15 is 0 Å². The number of likely N-dealkylation sites (N-methyl/N-ethyl adjacent to an activating group) is 1. The van der Waals surface area contributed by atoms with E-state index in [9.17, 15) is 0 Å². The van der Waals surface area contributed by atoms with E-state index in [-0.39, 0.29) is 0 Å². The molecule has 20 heavy (non-hydrogen) atoms. The van der Waals surface area contributed by atoms with Crippen molar-refractivity contribution in [2.75, 3.05) is 32.2 Å². The van der Waals surface area contributed by atoms with Crippen LogP contribution < -0.4 is 10.2 Å². The van der Waals surface area contributed by atoms with Crippen molar-refractivity contribution in [1.29, 1.82) is 0 Å². The molecule has 0 radical (unpaired) electrons. The van der Waals surface area contributed by atoms with Gasteiger partial charge in [0, 0.05) is 31.8 Å². The van der Waals surface area contributed by atoms with Gasteiger partial charge in [0.25, 0.3) is 0 Å². The molecule has 1 fully saturated rings. The van der Waals surface area contributed by atoms with Crippen LogP contribution in [0.2, 0.25) is 0 Å². The van der Waals surface area contributed by atoms with Crippen molar-refractivity contribution in [3.63, 3.8) is 0 Å². The Balaban J connectivity index is 2.05. The molecule has 1 aromatic carbocycles. The minimum absolute atomic E-state index is 0.432. The minimum Gasteiger partial charge on any atom is -0.379 e. The number of nitrogens with one attached hydrogen (secondary N) is 1. The quantitative estimate of drug-likeness (QED) is 0.925. The highest BCUT2D eigenvalue weighted by Crippen LogP contribution is 2.29. The molecular formula is C16H21N3O. The summed E-state index contributed by atoms with van der Waals surface area (Å²) >= 11 is 0. The summed E-state index contributed by atoms with van der Waals surface area (Å²) in [6, 6.07) is 8.93. The van der Waals surface area contributed by atoms with E-state index in [0.717, 1.165) is 32.0 Å². The molecule has 3 rings (SSSR count). The van der Waals surface area contributed by atoms with Crippen LogP contribution in [0.15, 0.2) is 30.5 Å². The number of ether oxygens (including phenoxy) is 1. The monoisotopic (exact) mass is 271 g/mol. The SMILES string of the molecule is CNCc1cnc(N(C)C2CCOC2)c2ccccc12. The average molecular weight is 271 g/mol. The molecule has 2 aromatic rings. The van der Waals surface area contributed by atoms with Gasteiger partial charge in [0.05, 0.1) is 12.6 Å². The van der Waals surface area contributed by atoms with E-state index < -0.39 is 0 Å². The lowest BCUT2D eigenvalue weighted by molar-refractivity contribution is 0.193. The molecule has 1 aliphatic rings. The predicted octanol–water partition coefficient (Wildman–Crippen LogP) is 2.18. The normalized spacial score (nSPS) is 18.6. The maximum absolute atomic E-state index is 5.49. The maximum atomic E-state index is 5.49. The molecule has 1 N–H and O–H groups in total. The van der Waals surface area contributed by atoms with Crippen molar-refractivity contribution < 1.29 is 4.74 Å². The molecule has 1 unspecified atom stereocenters. The number of hydrogen-bond acceptors (Lipinski definition) is 4. The van der Waals surface area contributed by atoms with Crippen LogP contribution in [0.1, 0.15) is 12.0 Å². The lowest BCUT2D eigenvalue weighted by Crippen LogP contribution is -2.32. The largest absolute Gasteiger partial charge is 0.379 e. The summed E-state index contributed by atoms with van der Waals surface area (Å²) < 4.78 is 5.49. The number of anilines is 1. The summed E-state index contributed by atoms with van der Waals surface area (Å²) in [4.78, 5) is 6.96. The van der Waals surface area contributed by atoms with Gasteiger partial charge in [-0.05, 0) is 24.4 Å². The summed E-state index contributed by atoms with van der Waals surface area (Å²) in [6.45, 7) is 2.49. The zero-order chi connectivity index (χ0) is 13.9. The molecule has 0 saturated carbocycles. The van der Waals surface area contributed by atoms with Gasteiger partial charge in [-0.2, -0.15) is 0 Å². The van der Waals surface area contributed by atoms with Crippen molar-refractivity contribution in [1.82, 2.24) is 10.3 Å². The molecule has 1 aliphatic heterocycles. The highest BCUT2D eigenvalue weighted by atomic mass is 16.5. The molecule has 0 amide bonds. The molecule has 1 atom stereocenters. The van der Waals surface area contributed by atoms with Gasteiger partial charge in [0.2, 0.25) is 0 Å². The smallest absolute Gasteiger partial charge is 0.136 e. The molecular weight excluding hydrogens is 250 g/mol. The van der Waals surface area contributed by atoms with E-state index in [1.54, 1.807) is 0 Å². The lowest BCUT2D eigenvalue weighted by Gasteiger charge is -2.26. The van der Waals surface area contributed by atoms with Crippen LogP contribution in [-0.4, -0.2) is 38.3 Å². The first-order valence-corrected chi connectivity index (χ1v) is 7.13. The van der Waals surface area contributed by atoms with Gasteiger partial charge in [0.1, 0.15) is 5.82 Å². The Morgan fingerprint density at radius 2 is 2.15 bits per heavy atom. The molecule has 0 spiro atoms. The number of fused-ring (bicyclic) bond motifs is 1. The van der Waals surface area contributed by atoms with Crippen LogP contribution in [0, 0.1) is 0 Å². The summed E-state index contributed by atoms with van der Waals surface area (Å²) in [5, 5.41) is 5.70. The first kappa shape index (κ1) is 13.3. The molecule has 1 saturated heterocycles. The van der Waals surface area contributed by atoms with Crippen molar-refractivity contribution in [3.05, 3.63) is 36.0 Å². The van der Waals surface area contributed by atoms with Gasteiger partial charge in [0.15, 0.2) is 0 Å². The third kappa shape index (κ3) is 2.37. The molecule has 1 aromatic heterocycles. The van der Waals surface area contributed by atoms with Crippen molar-refractivity contribution in [2.45, 2.75) is 19.0 Å². The van der Waals surface area contributed by atoms with E-state index in [0.29, 0.717) is 6.04 Å². The zero-order valence-electron chi connectivity index (χ0n) is 12.1. The van der Waals surface area contributed by atoms with Crippen molar-refractivity contribution >= 4 is 16.6 Å².